The van der Waals surface area contributed by atoms with E-state index >= 15 is 0 Å². The summed E-state index contributed by atoms with van der Waals surface area (Å²) in [6.45, 7) is 5.68. The van der Waals surface area contributed by atoms with Crippen molar-refractivity contribution < 1.29 is 8.97 Å². The van der Waals surface area contributed by atoms with E-state index in [2.05, 4.69) is 28.2 Å². The SMILES string of the molecule is C[N+](C)(C)CCC[N+]1(C)C[C@H]2CCCC[C@H]2C1. The lowest BCUT2D eigenvalue weighted by Crippen LogP contribution is -2.45. The molecule has 1 saturated carbocycles. The maximum Gasteiger partial charge on any atom is 0.0839 e. The monoisotopic (exact) mass is 240 g/mol. The average molecular weight is 240 g/mol. The fourth-order valence-corrected chi connectivity index (χ4v) is 4.08. The number of fused-ring (bicyclic) bond motifs is 1. The molecule has 2 fully saturated rings. The summed E-state index contributed by atoms with van der Waals surface area (Å²) in [5.74, 6) is 2.13. The Morgan fingerprint density at radius 2 is 1.53 bits per heavy atom. The van der Waals surface area contributed by atoms with E-state index in [1.807, 2.05) is 0 Å². The first-order chi connectivity index (χ1) is 7.88. The molecule has 0 bridgehead atoms. The number of hydrogen-bond acceptors (Lipinski definition) is 0. The molecule has 0 aromatic heterocycles. The minimum atomic E-state index is 1.07. The van der Waals surface area contributed by atoms with Crippen molar-refractivity contribution >= 4 is 0 Å². The number of rotatable bonds is 4. The van der Waals surface area contributed by atoms with Crippen molar-refractivity contribution in [2.45, 2.75) is 32.1 Å². The average Bonchev–Trinajstić information content (AvgIpc) is 2.51. The van der Waals surface area contributed by atoms with Crippen molar-refractivity contribution in [2.24, 2.45) is 11.8 Å². The Balaban J connectivity index is 1.80. The van der Waals surface area contributed by atoms with Gasteiger partial charge in [0.05, 0.1) is 54.4 Å². The van der Waals surface area contributed by atoms with Crippen molar-refractivity contribution in [3.05, 3.63) is 0 Å². The second-order valence-electron chi connectivity index (χ2n) is 7.88. The van der Waals surface area contributed by atoms with Crippen LogP contribution in [0.25, 0.3) is 0 Å². The van der Waals surface area contributed by atoms with Crippen LogP contribution < -0.4 is 0 Å². The molecule has 100 valence electrons. The number of nitrogens with zero attached hydrogens (tertiary/aromatic N) is 2. The van der Waals surface area contributed by atoms with Gasteiger partial charge in [0.2, 0.25) is 0 Å². The van der Waals surface area contributed by atoms with Gasteiger partial charge in [0.25, 0.3) is 0 Å². The Hall–Kier alpha value is -0.0800. The normalized spacial score (nSPS) is 38.1. The maximum atomic E-state index is 2.51. The van der Waals surface area contributed by atoms with E-state index in [4.69, 9.17) is 0 Å². The predicted molar refractivity (Wildman–Crippen MR) is 73.7 cm³/mol. The third-order valence-corrected chi connectivity index (χ3v) is 4.94. The van der Waals surface area contributed by atoms with Gasteiger partial charge in [-0.05, 0) is 12.8 Å². The highest BCUT2D eigenvalue weighted by Gasteiger charge is 2.42. The second kappa shape index (κ2) is 4.89. The van der Waals surface area contributed by atoms with Gasteiger partial charge in [0.1, 0.15) is 0 Å². The minimum absolute atomic E-state index is 1.07. The Bertz CT molecular complexity index is 240. The highest BCUT2D eigenvalue weighted by molar-refractivity contribution is 4.80. The van der Waals surface area contributed by atoms with E-state index in [1.165, 1.54) is 62.8 Å². The third-order valence-electron chi connectivity index (χ3n) is 4.94. The zero-order chi connectivity index (χ0) is 12.5. The smallest absolute Gasteiger partial charge is 0.0839 e. The molecule has 0 amide bonds. The lowest BCUT2D eigenvalue weighted by molar-refractivity contribution is -0.909. The summed E-state index contributed by atoms with van der Waals surface area (Å²) in [6, 6.07) is 0. The Morgan fingerprint density at radius 3 is 2.00 bits per heavy atom. The quantitative estimate of drug-likeness (QED) is 0.662. The van der Waals surface area contributed by atoms with Crippen molar-refractivity contribution in [3.8, 4) is 0 Å². The highest BCUT2D eigenvalue weighted by Crippen LogP contribution is 2.38. The van der Waals surface area contributed by atoms with Crippen LogP contribution in [-0.4, -0.2) is 63.3 Å². The highest BCUT2D eigenvalue weighted by atomic mass is 15.4. The van der Waals surface area contributed by atoms with E-state index in [1.54, 1.807) is 0 Å². The summed E-state index contributed by atoms with van der Waals surface area (Å²) in [4.78, 5) is 0. The van der Waals surface area contributed by atoms with Crippen LogP contribution >= 0.6 is 0 Å². The van der Waals surface area contributed by atoms with Gasteiger partial charge in [-0.2, -0.15) is 0 Å². The zero-order valence-electron chi connectivity index (χ0n) is 12.4. The van der Waals surface area contributed by atoms with Crippen molar-refractivity contribution in [1.29, 1.82) is 0 Å². The summed E-state index contributed by atoms with van der Waals surface area (Å²) in [5, 5.41) is 0. The lowest BCUT2D eigenvalue weighted by atomic mass is 9.82. The molecule has 0 N–H and O–H groups in total. The van der Waals surface area contributed by atoms with Gasteiger partial charge in [0.15, 0.2) is 0 Å². The van der Waals surface area contributed by atoms with Crippen molar-refractivity contribution in [3.63, 3.8) is 0 Å². The molecule has 2 aliphatic rings. The molecule has 0 spiro atoms. The van der Waals surface area contributed by atoms with Crippen LogP contribution in [0, 0.1) is 11.8 Å². The molecular weight excluding hydrogens is 208 g/mol. The summed E-state index contributed by atoms with van der Waals surface area (Å²) < 4.78 is 2.49. The lowest BCUT2D eigenvalue weighted by Gasteiger charge is -2.32. The molecule has 0 aromatic carbocycles. The van der Waals surface area contributed by atoms with Crippen LogP contribution in [-0.2, 0) is 0 Å². The summed E-state index contributed by atoms with van der Waals surface area (Å²) in [6.07, 6.45) is 7.43. The predicted octanol–water partition coefficient (Wildman–Crippen LogP) is 2.35. The van der Waals surface area contributed by atoms with Crippen LogP contribution in [0.2, 0.25) is 0 Å². The van der Waals surface area contributed by atoms with Crippen molar-refractivity contribution in [2.75, 3.05) is 54.4 Å². The standard InChI is InChI=1S/C15H32N2/c1-16(2,3)10-7-11-17(4)12-14-8-5-6-9-15(14)13-17/h14-15H,5-13H2,1-4H3/q+2/t14-,15+,17?. The van der Waals surface area contributed by atoms with E-state index in [0.29, 0.717) is 0 Å². The zero-order valence-corrected chi connectivity index (χ0v) is 12.4. The van der Waals surface area contributed by atoms with Gasteiger partial charge < -0.3 is 8.97 Å². The molecule has 0 aromatic rings. The van der Waals surface area contributed by atoms with Crippen LogP contribution in [0.4, 0.5) is 0 Å². The molecule has 1 saturated heterocycles. The molecule has 17 heavy (non-hydrogen) atoms. The van der Waals surface area contributed by atoms with Crippen molar-refractivity contribution in [1.82, 2.24) is 0 Å². The molecule has 2 rings (SSSR count). The third kappa shape index (κ3) is 3.69. The number of likely N-dealkylation sites (tertiary alicyclic amines) is 1. The Morgan fingerprint density at radius 1 is 1.00 bits per heavy atom. The summed E-state index contributed by atoms with van der Waals surface area (Å²) >= 11 is 0. The minimum Gasteiger partial charge on any atom is -0.331 e. The maximum absolute atomic E-state index is 2.51. The topological polar surface area (TPSA) is 0 Å². The molecule has 1 aliphatic heterocycles. The number of hydrogen-bond donors (Lipinski definition) is 0. The largest absolute Gasteiger partial charge is 0.331 e. The molecule has 2 nitrogen and oxygen atoms in total. The fourth-order valence-electron chi connectivity index (χ4n) is 4.08. The molecule has 1 heterocycles. The van der Waals surface area contributed by atoms with Gasteiger partial charge in [-0.3, -0.25) is 0 Å². The van der Waals surface area contributed by atoms with Gasteiger partial charge in [0, 0.05) is 18.3 Å². The molecule has 1 unspecified atom stereocenters. The van der Waals surface area contributed by atoms with Crippen LogP contribution in [0.15, 0.2) is 0 Å². The Labute approximate surface area is 108 Å². The van der Waals surface area contributed by atoms with Gasteiger partial charge >= 0.3 is 0 Å². The summed E-state index contributed by atoms with van der Waals surface area (Å²) in [5.41, 5.74) is 0. The molecular formula is C15H32N2+2. The molecule has 0 radical (unpaired) electrons. The van der Waals surface area contributed by atoms with Crippen LogP contribution in [0.1, 0.15) is 32.1 Å². The first-order valence-corrected chi connectivity index (χ1v) is 7.52. The van der Waals surface area contributed by atoms with Crippen LogP contribution in [0.3, 0.4) is 0 Å². The van der Waals surface area contributed by atoms with E-state index < -0.39 is 0 Å². The first kappa shape index (κ1) is 13.4. The van der Waals surface area contributed by atoms with Gasteiger partial charge in [-0.1, -0.05) is 12.8 Å². The molecule has 2 heteroatoms. The summed E-state index contributed by atoms with van der Waals surface area (Å²) in [7, 11) is 9.44. The molecule has 3 atom stereocenters. The fraction of sp³-hybridized carbons (Fsp3) is 1.00. The van der Waals surface area contributed by atoms with Gasteiger partial charge in [-0.25, -0.2) is 0 Å². The first-order valence-electron chi connectivity index (χ1n) is 7.52. The van der Waals surface area contributed by atoms with Gasteiger partial charge in [-0.15, -0.1) is 0 Å². The Kier molecular flexibility index (Phi) is 3.84. The van der Waals surface area contributed by atoms with Crippen LogP contribution in [0.5, 0.6) is 0 Å². The number of quaternary nitrogens is 2. The van der Waals surface area contributed by atoms with E-state index in [9.17, 15) is 0 Å². The van der Waals surface area contributed by atoms with E-state index in [-0.39, 0.29) is 0 Å². The van der Waals surface area contributed by atoms with E-state index in [0.717, 1.165) is 16.3 Å². The molecule has 1 aliphatic carbocycles. The second-order valence-corrected chi connectivity index (χ2v) is 7.88.